The summed E-state index contributed by atoms with van der Waals surface area (Å²) < 4.78 is 0. The smallest absolute Gasteiger partial charge is 0.234 e. The maximum absolute atomic E-state index is 12.1. The van der Waals surface area contributed by atoms with Crippen LogP contribution in [0.25, 0.3) is 10.9 Å². The molecule has 0 fully saturated rings. The normalized spacial score (nSPS) is 18.0. The molecule has 0 saturated heterocycles. The van der Waals surface area contributed by atoms with Crippen molar-refractivity contribution in [3.8, 4) is 0 Å². The Morgan fingerprint density at radius 3 is 2.88 bits per heavy atom. The van der Waals surface area contributed by atoms with Crippen molar-refractivity contribution in [2.45, 2.75) is 37.8 Å². The van der Waals surface area contributed by atoms with Gasteiger partial charge in [0, 0.05) is 23.1 Å². The number of carbonyl (C=O) groups is 1. The molecule has 2 atom stereocenters. The number of hydrogen-bond donors (Lipinski definition) is 3. The molecule has 2 aromatic carbocycles. The first-order chi connectivity index (χ1) is 12.2. The van der Waals surface area contributed by atoms with Crippen molar-refractivity contribution in [1.82, 2.24) is 10.3 Å². The molecule has 4 rings (SSSR count). The lowest BCUT2D eigenvalue weighted by Crippen LogP contribution is -2.45. The van der Waals surface area contributed by atoms with Crippen LogP contribution in [0.4, 0.5) is 0 Å². The molecule has 4 N–H and O–H groups in total. The van der Waals surface area contributed by atoms with E-state index in [1.165, 1.54) is 11.1 Å². The molecule has 0 aliphatic heterocycles. The van der Waals surface area contributed by atoms with Crippen molar-refractivity contribution in [2.24, 2.45) is 5.73 Å². The Morgan fingerprint density at radius 2 is 2.00 bits per heavy atom. The van der Waals surface area contributed by atoms with E-state index < -0.39 is 0 Å². The van der Waals surface area contributed by atoms with Gasteiger partial charge in [-0.15, -0.1) is 0 Å². The lowest BCUT2D eigenvalue weighted by Gasteiger charge is -2.29. The number of aryl methyl sites for hydroxylation is 1. The number of hydrogen-bond acceptors (Lipinski definition) is 2. The van der Waals surface area contributed by atoms with Crippen LogP contribution < -0.4 is 11.1 Å². The third-order valence-electron chi connectivity index (χ3n) is 5.21. The molecule has 0 radical (unpaired) electrons. The number of rotatable bonds is 5. The second-order valence-corrected chi connectivity index (χ2v) is 6.83. The molecule has 3 aromatic rings. The number of fused-ring (bicyclic) bond motifs is 2. The average molecular weight is 333 g/mol. The van der Waals surface area contributed by atoms with Crippen molar-refractivity contribution in [1.29, 1.82) is 0 Å². The summed E-state index contributed by atoms with van der Waals surface area (Å²) in [4.78, 5) is 15.4. The molecule has 4 heteroatoms. The van der Waals surface area contributed by atoms with Crippen LogP contribution in [0.3, 0.4) is 0 Å². The maximum Gasteiger partial charge on any atom is 0.234 e. The molecule has 0 spiro atoms. The third-order valence-corrected chi connectivity index (χ3v) is 5.21. The Kier molecular flexibility index (Phi) is 4.28. The van der Waals surface area contributed by atoms with E-state index in [0.29, 0.717) is 6.42 Å². The summed E-state index contributed by atoms with van der Waals surface area (Å²) in [6.07, 6.45) is 5.86. The summed E-state index contributed by atoms with van der Waals surface area (Å²) in [5.41, 5.74) is 10.6. The van der Waals surface area contributed by atoms with Gasteiger partial charge in [-0.1, -0.05) is 42.5 Å². The molecule has 1 aliphatic carbocycles. The molecular weight excluding hydrogens is 310 g/mol. The first-order valence-electron chi connectivity index (χ1n) is 8.90. The fraction of sp³-hybridized carbons (Fsp3) is 0.286. The zero-order valence-electron chi connectivity index (χ0n) is 14.2. The number of primary amides is 1. The number of benzene rings is 2. The molecule has 128 valence electrons. The Morgan fingerprint density at radius 1 is 1.20 bits per heavy atom. The molecule has 25 heavy (non-hydrogen) atoms. The fourth-order valence-corrected chi connectivity index (χ4v) is 3.93. The van der Waals surface area contributed by atoms with Crippen molar-refractivity contribution in [3.63, 3.8) is 0 Å². The van der Waals surface area contributed by atoms with Crippen LogP contribution >= 0.6 is 0 Å². The van der Waals surface area contributed by atoms with E-state index in [1.54, 1.807) is 0 Å². The van der Waals surface area contributed by atoms with Gasteiger partial charge in [0.15, 0.2) is 0 Å². The minimum Gasteiger partial charge on any atom is -0.368 e. The fourth-order valence-electron chi connectivity index (χ4n) is 3.93. The van der Waals surface area contributed by atoms with E-state index in [0.717, 1.165) is 35.7 Å². The average Bonchev–Trinajstić information content (AvgIpc) is 3.04. The van der Waals surface area contributed by atoms with Gasteiger partial charge in [0.05, 0.1) is 6.04 Å². The quantitative estimate of drug-likeness (QED) is 0.671. The molecule has 1 amide bonds. The number of para-hydroxylation sites is 1. The molecule has 0 saturated carbocycles. The van der Waals surface area contributed by atoms with Crippen LogP contribution in [-0.4, -0.2) is 16.9 Å². The van der Waals surface area contributed by atoms with Crippen LogP contribution in [0.1, 0.15) is 35.6 Å². The van der Waals surface area contributed by atoms with Crippen molar-refractivity contribution < 1.29 is 4.79 Å². The van der Waals surface area contributed by atoms with Crippen LogP contribution in [0.2, 0.25) is 0 Å². The molecule has 1 heterocycles. The highest BCUT2D eigenvalue weighted by Gasteiger charge is 2.25. The van der Waals surface area contributed by atoms with Gasteiger partial charge in [-0.3, -0.25) is 10.1 Å². The number of carbonyl (C=O) groups excluding carboxylic acids is 1. The summed E-state index contributed by atoms with van der Waals surface area (Å²) >= 11 is 0. The number of aromatic nitrogens is 1. The molecule has 4 nitrogen and oxygen atoms in total. The maximum atomic E-state index is 12.1. The van der Waals surface area contributed by atoms with Crippen molar-refractivity contribution in [2.75, 3.05) is 0 Å². The van der Waals surface area contributed by atoms with E-state index in [9.17, 15) is 4.79 Å². The summed E-state index contributed by atoms with van der Waals surface area (Å²) in [5.74, 6) is -0.298. The van der Waals surface area contributed by atoms with Crippen LogP contribution in [0.5, 0.6) is 0 Å². The van der Waals surface area contributed by atoms with E-state index in [2.05, 4.69) is 40.6 Å². The number of aromatic amines is 1. The van der Waals surface area contributed by atoms with Gasteiger partial charge in [-0.25, -0.2) is 0 Å². The van der Waals surface area contributed by atoms with Gasteiger partial charge in [0.1, 0.15) is 0 Å². The second-order valence-electron chi connectivity index (χ2n) is 6.83. The molecule has 1 aromatic heterocycles. The first kappa shape index (κ1) is 15.9. The van der Waals surface area contributed by atoms with E-state index >= 15 is 0 Å². The van der Waals surface area contributed by atoms with Crippen LogP contribution in [-0.2, 0) is 17.6 Å². The Balaban J connectivity index is 1.58. The van der Waals surface area contributed by atoms with E-state index in [-0.39, 0.29) is 18.0 Å². The third kappa shape index (κ3) is 3.17. The summed E-state index contributed by atoms with van der Waals surface area (Å²) in [6, 6.07) is 16.4. The molecule has 0 bridgehead atoms. The van der Waals surface area contributed by atoms with Gasteiger partial charge >= 0.3 is 0 Å². The first-order valence-corrected chi connectivity index (χ1v) is 8.90. The lowest BCUT2D eigenvalue weighted by molar-refractivity contribution is -0.120. The highest BCUT2D eigenvalue weighted by Crippen LogP contribution is 2.30. The standard InChI is InChI=1S/C21H23N3O/c22-21(25)20(12-15-13-23-18-10-4-3-9-17(15)18)24-19-11-5-7-14-6-1-2-8-16(14)19/h1-4,6,8-10,13,19-20,23-24H,5,7,11-12H2,(H2,22,25). The molecule has 1 aliphatic rings. The Labute approximate surface area is 147 Å². The van der Waals surface area contributed by atoms with E-state index in [1.807, 2.05) is 24.4 Å². The Hall–Kier alpha value is -2.59. The number of H-pyrrole nitrogens is 1. The van der Waals surface area contributed by atoms with Crippen molar-refractivity contribution in [3.05, 3.63) is 71.4 Å². The predicted octanol–water partition coefficient (Wildman–Crippen LogP) is 3.23. The van der Waals surface area contributed by atoms with Gasteiger partial charge < -0.3 is 10.7 Å². The Bertz CT molecular complexity index is 899. The van der Waals surface area contributed by atoms with Gasteiger partial charge in [0.25, 0.3) is 0 Å². The minimum absolute atomic E-state index is 0.188. The predicted molar refractivity (Wildman–Crippen MR) is 100 cm³/mol. The SMILES string of the molecule is NC(=O)C(Cc1c[nH]c2ccccc12)NC1CCCc2ccccc21. The molecular formula is C21H23N3O. The van der Waals surface area contributed by atoms with Crippen molar-refractivity contribution >= 4 is 16.8 Å². The van der Waals surface area contributed by atoms with Crippen LogP contribution in [0, 0.1) is 0 Å². The monoisotopic (exact) mass is 333 g/mol. The highest BCUT2D eigenvalue weighted by atomic mass is 16.1. The number of amides is 1. The van der Waals surface area contributed by atoms with E-state index in [4.69, 9.17) is 5.73 Å². The summed E-state index contributed by atoms with van der Waals surface area (Å²) in [6.45, 7) is 0. The summed E-state index contributed by atoms with van der Waals surface area (Å²) in [7, 11) is 0. The second kappa shape index (κ2) is 6.73. The van der Waals surface area contributed by atoms with Gasteiger partial charge in [0.2, 0.25) is 5.91 Å². The highest BCUT2D eigenvalue weighted by molar-refractivity contribution is 5.85. The number of nitrogens with two attached hydrogens (primary N) is 1. The topological polar surface area (TPSA) is 70.9 Å². The lowest BCUT2D eigenvalue weighted by atomic mass is 9.87. The number of nitrogens with one attached hydrogen (secondary N) is 2. The zero-order chi connectivity index (χ0) is 17.2. The zero-order valence-corrected chi connectivity index (χ0v) is 14.2. The van der Waals surface area contributed by atoms with Crippen LogP contribution in [0.15, 0.2) is 54.7 Å². The summed E-state index contributed by atoms with van der Waals surface area (Å²) in [5, 5.41) is 4.68. The molecule has 2 unspecified atom stereocenters. The van der Waals surface area contributed by atoms with Gasteiger partial charge in [-0.2, -0.15) is 0 Å². The largest absolute Gasteiger partial charge is 0.368 e. The minimum atomic E-state index is -0.379. The van der Waals surface area contributed by atoms with Gasteiger partial charge in [-0.05, 0) is 48.4 Å².